The molecule has 0 aliphatic heterocycles. The van der Waals surface area contributed by atoms with Crippen LogP contribution in [-0.2, 0) is 25.9 Å². The fraction of sp³-hybridized carbons (Fsp3) is 0.294. The standard InChI is InChI=1S/C17H18ClNO5S2/c1-3-19(10-13-6-9-15(18)25-13)16(20)11-24-17(21)12-4-7-14(8-5-12)26(2,22)23/h4-9H,3,10-11H2,1-2H3. The lowest BCUT2D eigenvalue weighted by Gasteiger charge is -2.19. The van der Waals surface area contributed by atoms with E-state index in [1.54, 1.807) is 11.0 Å². The van der Waals surface area contributed by atoms with Crippen molar-refractivity contribution in [1.82, 2.24) is 4.90 Å². The molecule has 2 aromatic rings. The van der Waals surface area contributed by atoms with Crippen LogP contribution in [0.4, 0.5) is 0 Å². The average molecular weight is 416 g/mol. The maximum atomic E-state index is 12.2. The molecule has 0 aliphatic rings. The van der Waals surface area contributed by atoms with Crippen LogP contribution in [0.25, 0.3) is 0 Å². The van der Waals surface area contributed by atoms with Crippen LogP contribution < -0.4 is 0 Å². The Morgan fingerprint density at radius 1 is 1.15 bits per heavy atom. The van der Waals surface area contributed by atoms with Gasteiger partial charge in [0.2, 0.25) is 0 Å². The number of thiophene rings is 1. The Kier molecular flexibility index (Phi) is 6.80. The summed E-state index contributed by atoms with van der Waals surface area (Å²) in [4.78, 5) is 26.9. The molecular formula is C17H18ClNO5S2. The first-order valence-corrected chi connectivity index (χ1v) is 10.8. The highest BCUT2D eigenvalue weighted by Gasteiger charge is 2.17. The lowest BCUT2D eigenvalue weighted by Crippen LogP contribution is -2.33. The average Bonchev–Trinajstić information content (AvgIpc) is 3.01. The molecule has 0 atom stereocenters. The van der Waals surface area contributed by atoms with Gasteiger partial charge in [-0.3, -0.25) is 4.79 Å². The SMILES string of the molecule is CCN(Cc1ccc(Cl)s1)C(=O)COC(=O)c1ccc(S(C)(=O)=O)cc1. The summed E-state index contributed by atoms with van der Waals surface area (Å²) in [5, 5.41) is 0. The highest BCUT2D eigenvalue weighted by molar-refractivity contribution is 7.90. The first-order chi connectivity index (χ1) is 12.2. The molecule has 1 aromatic carbocycles. The number of sulfone groups is 1. The van der Waals surface area contributed by atoms with Crippen LogP contribution in [-0.4, -0.2) is 44.6 Å². The van der Waals surface area contributed by atoms with Crippen molar-refractivity contribution in [2.24, 2.45) is 0 Å². The summed E-state index contributed by atoms with van der Waals surface area (Å²) in [5.41, 5.74) is 0.179. The van der Waals surface area contributed by atoms with Crippen molar-refractivity contribution in [1.29, 1.82) is 0 Å². The minimum Gasteiger partial charge on any atom is -0.452 e. The summed E-state index contributed by atoms with van der Waals surface area (Å²) < 4.78 is 28.5. The zero-order chi connectivity index (χ0) is 19.3. The van der Waals surface area contributed by atoms with Crippen molar-refractivity contribution in [2.45, 2.75) is 18.4 Å². The van der Waals surface area contributed by atoms with Gasteiger partial charge in [0.1, 0.15) is 0 Å². The van der Waals surface area contributed by atoms with Crippen LogP contribution in [0.5, 0.6) is 0 Å². The van der Waals surface area contributed by atoms with Gasteiger partial charge in [0.15, 0.2) is 16.4 Å². The minimum atomic E-state index is -3.33. The smallest absolute Gasteiger partial charge is 0.338 e. The maximum absolute atomic E-state index is 12.2. The number of hydrogen-bond donors (Lipinski definition) is 0. The van der Waals surface area contributed by atoms with E-state index in [2.05, 4.69) is 0 Å². The molecule has 0 aliphatic carbocycles. The first kappa shape index (κ1) is 20.4. The van der Waals surface area contributed by atoms with Crippen LogP contribution >= 0.6 is 22.9 Å². The lowest BCUT2D eigenvalue weighted by atomic mass is 10.2. The van der Waals surface area contributed by atoms with Gasteiger partial charge in [-0.05, 0) is 43.3 Å². The fourth-order valence-corrected chi connectivity index (χ4v) is 3.88. The van der Waals surface area contributed by atoms with E-state index in [4.69, 9.17) is 16.3 Å². The molecule has 1 aromatic heterocycles. The summed E-state index contributed by atoms with van der Waals surface area (Å²) in [6.07, 6.45) is 1.08. The summed E-state index contributed by atoms with van der Waals surface area (Å²) >= 11 is 7.27. The first-order valence-electron chi connectivity index (χ1n) is 7.70. The predicted molar refractivity (Wildman–Crippen MR) is 100 cm³/mol. The van der Waals surface area contributed by atoms with E-state index in [0.717, 1.165) is 11.1 Å². The quantitative estimate of drug-likeness (QED) is 0.649. The number of rotatable bonds is 7. The summed E-state index contributed by atoms with van der Waals surface area (Å²) in [6.45, 7) is 2.31. The Morgan fingerprint density at radius 2 is 1.81 bits per heavy atom. The fourth-order valence-electron chi connectivity index (χ4n) is 2.14. The van der Waals surface area contributed by atoms with Gasteiger partial charge in [-0.1, -0.05) is 11.6 Å². The van der Waals surface area contributed by atoms with Crippen LogP contribution in [0.1, 0.15) is 22.2 Å². The van der Waals surface area contributed by atoms with Gasteiger partial charge in [0, 0.05) is 17.7 Å². The molecule has 0 spiro atoms. The molecular weight excluding hydrogens is 398 g/mol. The number of esters is 1. The monoisotopic (exact) mass is 415 g/mol. The predicted octanol–water partition coefficient (Wildman–Crippen LogP) is 3.01. The van der Waals surface area contributed by atoms with Crippen molar-refractivity contribution in [3.63, 3.8) is 0 Å². The molecule has 1 heterocycles. The van der Waals surface area contributed by atoms with Crippen molar-refractivity contribution in [3.05, 3.63) is 51.2 Å². The van der Waals surface area contributed by atoms with Gasteiger partial charge in [0.05, 0.1) is 21.3 Å². The number of nitrogens with zero attached hydrogens (tertiary/aromatic N) is 1. The van der Waals surface area contributed by atoms with Crippen LogP contribution in [0.15, 0.2) is 41.3 Å². The summed E-state index contributed by atoms with van der Waals surface area (Å²) in [5.74, 6) is -1.01. The molecule has 0 radical (unpaired) electrons. The third-order valence-electron chi connectivity index (χ3n) is 3.55. The molecule has 0 N–H and O–H groups in total. The van der Waals surface area contributed by atoms with Crippen LogP contribution in [0.2, 0.25) is 4.34 Å². The molecule has 6 nitrogen and oxygen atoms in total. The molecule has 0 unspecified atom stereocenters. The van der Waals surface area contributed by atoms with E-state index in [9.17, 15) is 18.0 Å². The molecule has 26 heavy (non-hydrogen) atoms. The van der Waals surface area contributed by atoms with E-state index in [0.29, 0.717) is 17.4 Å². The second-order valence-electron chi connectivity index (χ2n) is 5.49. The van der Waals surface area contributed by atoms with E-state index in [1.165, 1.54) is 35.6 Å². The summed E-state index contributed by atoms with van der Waals surface area (Å²) in [6, 6.07) is 8.97. The molecule has 0 saturated carbocycles. The molecule has 0 bridgehead atoms. The second kappa shape index (κ2) is 8.66. The van der Waals surface area contributed by atoms with Gasteiger partial charge in [-0.2, -0.15) is 0 Å². The van der Waals surface area contributed by atoms with Crippen LogP contribution in [0, 0.1) is 0 Å². The van der Waals surface area contributed by atoms with Gasteiger partial charge in [0.25, 0.3) is 5.91 Å². The third kappa shape index (κ3) is 5.55. The highest BCUT2D eigenvalue weighted by atomic mass is 35.5. The van der Waals surface area contributed by atoms with Gasteiger partial charge in [-0.25, -0.2) is 13.2 Å². The van der Waals surface area contributed by atoms with E-state index >= 15 is 0 Å². The van der Waals surface area contributed by atoms with E-state index in [1.807, 2.05) is 13.0 Å². The van der Waals surface area contributed by atoms with Crippen molar-refractivity contribution < 1.29 is 22.7 Å². The van der Waals surface area contributed by atoms with Gasteiger partial charge < -0.3 is 9.64 Å². The number of amides is 1. The van der Waals surface area contributed by atoms with Crippen LogP contribution in [0.3, 0.4) is 0 Å². The zero-order valence-electron chi connectivity index (χ0n) is 14.3. The molecule has 140 valence electrons. The third-order valence-corrected chi connectivity index (χ3v) is 5.90. The normalized spacial score (nSPS) is 11.2. The van der Waals surface area contributed by atoms with Crippen molar-refractivity contribution in [2.75, 3.05) is 19.4 Å². The number of halogens is 1. The largest absolute Gasteiger partial charge is 0.452 e. The lowest BCUT2D eigenvalue weighted by molar-refractivity contribution is -0.134. The Hall–Kier alpha value is -1.90. The summed E-state index contributed by atoms with van der Waals surface area (Å²) in [7, 11) is -3.33. The number of hydrogen-bond acceptors (Lipinski definition) is 6. The minimum absolute atomic E-state index is 0.108. The maximum Gasteiger partial charge on any atom is 0.338 e. The number of carbonyl (C=O) groups is 2. The van der Waals surface area contributed by atoms with Gasteiger partial charge in [-0.15, -0.1) is 11.3 Å². The number of ether oxygens (including phenoxy) is 1. The van der Waals surface area contributed by atoms with Gasteiger partial charge >= 0.3 is 5.97 Å². The van der Waals surface area contributed by atoms with E-state index < -0.39 is 15.8 Å². The Morgan fingerprint density at radius 3 is 2.31 bits per heavy atom. The van der Waals surface area contributed by atoms with E-state index in [-0.39, 0.29) is 23.0 Å². The number of likely N-dealkylation sites (N-methyl/N-ethyl adjacent to an activating group) is 1. The topological polar surface area (TPSA) is 80.8 Å². The van der Waals surface area contributed by atoms with Crippen molar-refractivity contribution >= 4 is 44.7 Å². The second-order valence-corrected chi connectivity index (χ2v) is 9.30. The molecule has 1 amide bonds. The molecule has 9 heteroatoms. The zero-order valence-corrected chi connectivity index (χ0v) is 16.7. The number of carbonyl (C=O) groups excluding carboxylic acids is 2. The highest BCUT2D eigenvalue weighted by Crippen LogP contribution is 2.22. The number of benzene rings is 1. The molecule has 2 rings (SSSR count). The Labute approximate surface area is 161 Å². The molecule has 0 fully saturated rings. The Bertz CT molecular complexity index is 890. The van der Waals surface area contributed by atoms with Crippen molar-refractivity contribution in [3.8, 4) is 0 Å². The Balaban J connectivity index is 1.93. The molecule has 0 saturated heterocycles.